The second-order valence-electron chi connectivity index (χ2n) is 4.93. The van der Waals surface area contributed by atoms with Crippen LogP contribution in [0.25, 0.3) is 0 Å². The molecule has 2 N–H and O–H groups in total. The topological polar surface area (TPSA) is 103 Å². The van der Waals surface area contributed by atoms with Crippen LogP contribution in [-0.2, 0) is 9.59 Å². The highest BCUT2D eigenvalue weighted by Crippen LogP contribution is 2.03. The third kappa shape index (κ3) is 4.99. The number of carbonyl (C=O) groups excluding carboxylic acids is 2. The summed E-state index contributed by atoms with van der Waals surface area (Å²) in [5.41, 5.74) is 0. The largest absolute Gasteiger partial charge is 0.548 e. The van der Waals surface area contributed by atoms with Gasteiger partial charge in [-0.15, -0.1) is 0 Å². The van der Waals surface area contributed by atoms with E-state index in [-0.39, 0.29) is 5.91 Å². The number of anilines is 1. The van der Waals surface area contributed by atoms with Crippen molar-refractivity contribution < 1.29 is 19.6 Å². The Labute approximate surface area is 122 Å². The Balaban J connectivity index is 1.67. The number of aromatic nitrogens is 2. The second-order valence-corrected chi connectivity index (χ2v) is 4.93. The molecule has 0 aromatic carbocycles. The summed E-state index contributed by atoms with van der Waals surface area (Å²) in [4.78, 5) is 33.6. The van der Waals surface area contributed by atoms with Crippen LogP contribution in [0.1, 0.15) is 6.42 Å². The maximum atomic E-state index is 11.4. The maximum absolute atomic E-state index is 11.4. The Morgan fingerprint density at radius 3 is 2.57 bits per heavy atom. The molecule has 8 heteroatoms. The van der Waals surface area contributed by atoms with Crippen LogP contribution in [0.15, 0.2) is 18.5 Å². The van der Waals surface area contributed by atoms with Crippen molar-refractivity contribution in [3.63, 3.8) is 0 Å². The zero-order valence-electron chi connectivity index (χ0n) is 11.7. The fraction of sp³-hybridized carbons (Fsp3) is 0.538. The van der Waals surface area contributed by atoms with Gasteiger partial charge in [-0.25, -0.2) is 9.97 Å². The van der Waals surface area contributed by atoms with Crippen molar-refractivity contribution >= 4 is 17.8 Å². The molecule has 0 aliphatic carbocycles. The number of carboxylic acids is 1. The van der Waals surface area contributed by atoms with Gasteiger partial charge in [-0.1, -0.05) is 0 Å². The van der Waals surface area contributed by atoms with Crippen molar-refractivity contribution in [2.45, 2.75) is 6.42 Å². The first-order valence-corrected chi connectivity index (χ1v) is 6.97. The lowest BCUT2D eigenvalue weighted by Gasteiger charge is -2.32. The molecule has 0 atom stereocenters. The normalized spacial score (nSPS) is 15.7. The zero-order chi connectivity index (χ0) is 15.1. The van der Waals surface area contributed by atoms with Crippen molar-refractivity contribution in [2.75, 3.05) is 44.2 Å². The number of hydrogen-bond acceptors (Lipinski definition) is 6. The minimum absolute atomic E-state index is 0.250. The van der Waals surface area contributed by atoms with Gasteiger partial charge < -0.3 is 25.0 Å². The average Bonchev–Trinajstić information content (AvgIpc) is 2.52. The molecular formula is C13H19N5O3. The molecule has 0 unspecified atom stereocenters. The average molecular weight is 293 g/mol. The summed E-state index contributed by atoms with van der Waals surface area (Å²) in [6, 6.07) is 1.79. The molecule has 2 rings (SSSR count). The van der Waals surface area contributed by atoms with Gasteiger partial charge >= 0.3 is 0 Å². The van der Waals surface area contributed by atoms with E-state index < -0.39 is 12.5 Å². The predicted molar refractivity (Wildman–Crippen MR) is 72.4 cm³/mol. The molecule has 0 radical (unpaired) electrons. The summed E-state index contributed by atoms with van der Waals surface area (Å²) < 4.78 is 0. The maximum Gasteiger partial charge on any atom is 0.225 e. The monoisotopic (exact) mass is 293 g/mol. The summed E-state index contributed by atoms with van der Waals surface area (Å²) in [5, 5.41) is 12.5. The number of quaternary nitrogens is 1. The van der Waals surface area contributed by atoms with Gasteiger partial charge in [0.2, 0.25) is 11.9 Å². The standard InChI is InChI=1S/C13H19N5O3/c19-11(16-10-12(20)21)2-5-17-6-8-18(9-7-17)13-14-3-1-4-15-13/h1,3-4H,2,5-10H2,(H,16,19)(H,20,21). The minimum Gasteiger partial charge on any atom is -0.548 e. The molecule has 1 fully saturated rings. The molecule has 1 aromatic rings. The Hall–Kier alpha value is -2.22. The van der Waals surface area contributed by atoms with Gasteiger partial charge in [0.05, 0.1) is 51.7 Å². The van der Waals surface area contributed by atoms with E-state index in [1.54, 1.807) is 18.5 Å². The summed E-state index contributed by atoms with van der Waals surface area (Å²) in [6.45, 7) is 3.79. The van der Waals surface area contributed by atoms with Gasteiger partial charge in [0.25, 0.3) is 0 Å². The van der Waals surface area contributed by atoms with Gasteiger partial charge in [0.1, 0.15) is 0 Å². The van der Waals surface area contributed by atoms with E-state index >= 15 is 0 Å². The number of rotatable bonds is 6. The number of aliphatic carboxylic acids is 1. The molecule has 0 bridgehead atoms. The first-order valence-electron chi connectivity index (χ1n) is 6.97. The molecule has 8 nitrogen and oxygen atoms in total. The van der Waals surface area contributed by atoms with Crippen LogP contribution >= 0.6 is 0 Å². The van der Waals surface area contributed by atoms with Crippen LogP contribution < -0.4 is 20.2 Å². The lowest BCUT2D eigenvalue weighted by molar-refractivity contribution is -0.900. The van der Waals surface area contributed by atoms with Crippen molar-refractivity contribution in [3.05, 3.63) is 18.5 Å². The molecular weight excluding hydrogens is 274 g/mol. The summed E-state index contributed by atoms with van der Waals surface area (Å²) in [7, 11) is 0. The molecule has 114 valence electrons. The van der Waals surface area contributed by atoms with Crippen molar-refractivity contribution in [2.24, 2.45) is 0 Å². The van der Waals surface area contributed by atoms with Crippen LogP contribution in [0.5, 0.6) is 0 Å². The fourth-order valence-electron chi connectivity index (χ4n) is 2.28. The first-order chi connectivity index (χ1) is 10.1. The van der Waals surface area contributed by atoms with Crippen LogP contribution in [0.3, 0.4) is 0 Å². The highest BCUT2D eigenvalue weighted by atomic mass is 16.4. The summed E-state index contributed by atoms with van der Waals surface area (Å²) in [5.74, 6) is -0.782. The van der Waals surface area contributed by atoms with E-state index in [1.165, 1.54) is 4.90 Å². The van der Waals surface area contributed by atoms with E-state index in [4.69, 9.17) is 0 Å². The lowest BCUT2D eigenvalue weighted by atomic mass is 10.3. The minimum atomic E-state index is -1.27. The summed E-state index contributed by atoms with van der Waals surface area (Å²) >= 11 is 0. The molecule has 1 saturated heterocycles. The van der Waals surface area contributed by atoms with Crippen LogP contribution in [0.2, 0.25) is 0 Å². The number of hydrogen-bond donors (Lipinski definition) is 2. The molecule has 2 heterocycles. The molecule has 0 saturated carbocycles. The quantitative estimate of drug-likeness (QED) is 0.563. The second kappa shape index (κ2) is 7.53. The highest BCUT2D eigenvalue weighted by molar-refractivity contribution is 5.80. The SMILES string of the molecule is O=C([O-])CNC(=O)CC[NH+]1CCN(c2ncccn2)CC1. The van der Waals surface area contributed by atoms with Crippen LogP contribution in [0.4, 0.5) is 5.95 Å². The lowest BCUT2D eigenvalue weighted by Crippen LogP contribution is -3.15. The fourth-order valence-corrected chi connectivity index (χ4v) is 2.28. The third-order valence-corrected chi connectivity index (χ3v) is 3.44. The Kier molecular flexibility index (Phi) is 5.44. The number of amides is 1. The van der Waals surface area contributed by atoms with Gasteiger partial charge in [-0.2, -0.15) is 0 Å². The van der Waals surface area contributed by atoms with Crippen molar-refractivity contribution in [1.82, 2.24) is 15.3 Å². The molecule has 1 aliphatic heterocycles. The Morgan fingerprint density at radius 2 is 1.95 bits per heavy atom. The van der Waals surface area contributed by atoms with E-state index in [0.29, 0.717) is 13.0 Å². The van der Waals surface area contributed by atoms with E-state index in [9.17, 15) is 14.7 Å². The number of piperazine rings is 1. The molecule has 1 aliphatic rings. The van der Waals surface area contributed by atoms with E-state index in [1.807, 2.05) is 0 Å². The number of nitrogens with one attached hydrogen (secondary N) is 2. The molecule has 21 heavy (non-hydrogen) atoms. The third-order valence-electron chi connectivity index (χ3n) is 3.44. The molecule has 1 amide bonds. The van der Waals surface area contributed by atoms with Crippen LogP contribution in [0, 0.1) is 0 Å². The van der Waals surface area contributed by atoms with Crippen LogP contribution in [-0.4, -0.2) is 61.1 Å². The Morgan fingerprint density at radius 1 is 1.29 bits per heavy atom. The first kappa shape index (κ1) is 15.2. The van der Waals surface area contributed by atoms with Gasteiger partial charge in [-0.3, -0.25) is 4.79 Å². The summed E-state index contributed by atoms with van der Waals surface area (Å²) in [6.07, 6.45) is 3.77. The molecule has 1 aromatic heterocycles. The molecule has 0 spiro atoms. The predicted octanol–water partition coefficient (Wildman–Crippen LogP) is -3.56. The van der Waals surface area contributed by atoms with Crippen molar-refractivity contribution in [3.8, 4) is 0 Å². The number of nitrogens with zero attached hydrogens (tertiary/aromatic N) is 3. The van der Waals surface area contributed by atoms with E-state index in [0.717, 1.165) is 32.1 Å². The smallest absolute Gasteiger partial charge is 0.225 e. The van der Waals surface area contributed by atoms with Gasteiger partial charge in [0.15, 0.2) is 0 Å². The zero-order valence-corrected chi connectivity index (χ0v) is 11.7. The van der Waals surface area contributed by atoms with E-state index in [2.05, 4.69) is 20.2 Å². The van der Waals surface area contributed by atoms with Crippen molar-refractivity contribution in [1.29, 1.82) is 0 Å². The van der Waals surface area contributed by atoms with Gasteiger partial charge in [-0.05, 0) is 6.07 Å². The number of carbonyl (C=O) groups is 2. The number of carboxylic acid groups (broad SMARTS) is 1. The highest BCUT2D eigenvalue weighted by Gasteiger charge is 2.21. The Bertz CT molecular complexity index is 474. The van der Waals surface area contributed by atoms with Gasteiger partial charge in [0, 0.05) is 12.4 Å².